The van der Waals surface area contributed by atoms with Crippen LogP contribution in [0.3, 0.4) is 0 Å². The van der Waals surface area contributed by atoms with Crippen LogP contribution >= 0.6 is 11.6 Å². The number of hydrogen-bond donors (Lipinski definition) is 3. The van der Waals surface area contributed by atoms with Crippen molar-refractivity contribution in [3.05, 3.63) is 35.9 Å². The molecule has 37 heavy (non-hydrogen) atoms. The van der Waals surface area contributed by atoms with Gasteiger partial charge in [0.25, 0.3) is 0 Å². The summed E-state index contributed by atoms with van der Waals surface area (Å²) in [6.07, 6.45) is 17.9. The van der Waals surface area contributed by atoms with E-state index in [2.05, 4.69) is 33.4 Å². The van der Waals surface area contributed by atoms with Crippen LogP contribution in [-0.2, 0) is 0 Å². The highest BCUT2D eigenvalue weighted by Gasteiger charge is 2.21. The number of aliphatic hydroxyl groups is 3. The Morgan fingerprint density at radius 2 is 1.30 bits per heavy atom. The molecule has 230 valence electrons. The Labute approximate surface area is 241 Å². The Hall–Kier alpha value is -0.610. The fourth-order valence-electron chi connectivity index (χ4n) is 2.99. The molecule has 3 N–H and O–H groups in total. The molecule has 1 aliphatic carbocycles. The van der Waals surface area contributed by atoms with Gasteiger partial charge in [0.2, 0.25) is 0 Å². The van der Waals surface area contributed by atoms with Gasteiger partial charge in [-0.1, -0.05) is 144 Å². The third-order valence-electron chi connectivity index (χ3n) is 4.72. The molecule has 2 unspecified atom stereocenters. The molecule has 2 atom stereocenters. The molecule has 1 aliphatic rings. The van der Waals surface area contributed by atoms with Crippen molar-refractivity contribution in [1.82, 2.24) is 0 Å². The lowest BCUT2D eigenvalue weighted by molar-refractivity contribution is 0.186. The van der Waals surface area contributed by atoms with Crippen molar-refractivity contribution in [1.29, 1.82) is 0 Å². The van der Waals surface area contributed by atoms with Crippen molar-refractivity contribution in [3.8, 4) is 0 Å². The molecule has 0 heterocycles. The van der Waals surface area contributed by atoms with Crippen LogP contribution in [0.4, 0.5) is 0 Å². The van der Waals surface area contributed by atoms with E-state index in [0.717, 1.165) is 17.4 Å². The zero-order valence-corrected chi connectivity index (χ0v) is 28.5. The largest absolute Gasteiger partial charge is 0.394 e. The van der Waals surface area contributed by atoms with Gasteiger partial charge >= 0.3 is 0 Å². The first-order valence-electron chi connectivity index (χ1n) is 15.2. The summed E-state index contributed by atoms with van der Waals surface area (Å²) in [5.41, 5.74) is 2.71. The Balaban J connectivity index is -0.0000000662. The van der Waals surface area contributed by atoms with E-state index >= 15 is 0 Å². The highest BCUT2D eigenvalue weighted by molar-refractivity contribution is 6.25. The fraction of sp³-hybridized carbons (Fsp3) is 0.818. The second kappa shape index (κ2) is 60.1. The normalized spacial score (nSPS) is 13.5. The maximum absolute atomic E-state index is 8.75. The lowest BCUT2D eigenvalue weighted by Crippen LogP contribution is -2.17. The maximum atomic E-state index is 8.75. The minimum absolute atomic E-state index is 0.125. The van der Waals surface area contributed by atoms with E-state index in [0.29, 0.717) is 0 Å². The summed E-state index contributed by atoms with van der Waals surface area (Å²) >= 11 is 5.60. The highest BCUT2D eigenvalue weighted by Crippen LogP contribution is 2.34. The van der Waals surface area contributed by atoms with Crippen LogP contribution in [0, 0.1) is 11.8 Å². The molecule has 0 saturated heterocycles. The molecule has 1 rings (SSSR count). The third kappa shape index (κ3) is 61.2. The van der Waals surface area contributed by atoms with E-state index in [1.165, 1.54) is 57.8 Å². The van der Waals surface area contributed by atoms with Crippen LogP contribution in [0.1, 0.15) is 148 Å². The maximum Gasteiger partial charge on any atom is 0.0719 e. The molecule has 0 aromatic carbocycles. The van der Waals surface area contributed by atoms with E-state index in [-0.39, 0.29) is 19.3 Å². The first kappa shape index (κ1) is 52.8. The molecule has 1 fully saturated rings. The number of rotatable bonds is 7. The predicted octanol–water partition coefficient (Wildman–Crippen LogP) is 11.1. The second-order valence-electron chi connectivity index (χ2n) is 7.82. The van der Waals surface area contributed by atoms with Crippen molar-refractivity contribution in [2.75, 3.05) is 13.2 Å². The Kier molecular flexibility index (Phi) is 85.7. The molecule has 0 spiro atoms. The number of hydrogen-bond acceptors (Lipinski definition) is 3. The molecule has 0 aromatic heterocycles. The van der Waals surface area contributed by atoms with Crippen molar-refractivity contribution in [2.45, 2.75) is 154 Å². The second-order valence-corrected chi connectivity index (χ2v) is 8.07. The molecule has 0 aromatic rings. The molecule has 4 heteroatoms. The van der Waals surface area contributed by atoms with Crippen LogP contribution in [0.2, 0.25) is 0 Å². The topological polar surface area (TPSA) is 60.7 Å². The lowest BCUT2D eigenvalue weighted by atomic mass is 9.77. The zero-order valence-electron chi connectivity index (χ0n) is 27.7. The van der Waals surface area contributed by atoms with Crippen LogP contribution in [0.25, 0.3) is 0 Å². The fourth-order valence-corrected chi connectivity index (χ4v) is 3.09. The summed E-state index contributed by atoms with van der Waals surface area (Å²) in [7, 11) is 0. The first-order chi connectivity index (χ1) is 17.8. The van der Waals surface area contributed by atoms with Crippen LogP contribution < -0.4 is 0 Å². The number of halogens is 1. The van der Waals surface area contributed by atoms with Crippen molar-refractivity contribution in [3.63, 3.8) is 0 Å². The molecule has 1 saturated carbocycles. The SMILES string of the molecule is C/C=C(\C)C(C)O.C=CC.CC.CC.CC.CCC.CCCC(C/C=C/Cl)C1CCCCC1.OCCO. The average Bonchev–Trinajstić information content (AvgIpc) is 2.95. The van der Waals surface area contributed by atoms with Gasteiger partial charge < -0.3 is 15.3 Å². The van der Waals surface area contributed by atoms with Crippen LogP contribution in [0.15, 0.2) is 35.9 Å². The third-order valence-corrected chi connectivity index (χ3v) is 4.90. The van der Waals surface area contributed by atoms with Gasteiger partial charge in [0.05, 0.1) is 19.3 Å². The summed E-state index contributed by atoms with van der Waals surface area (Å²) in [4.78, 5) is 0. The standard InChI is InChI=1S/C13H23Cl.C6H12O.C3H8.C3H6.C2H6O2.3C2H6/c1-2-7-12(10-6-11-14)13-8-4-3-5-9-13;1-4-5(2)6(3)7;2*1-3-2;3-1-2-4;3*1-2/h6,11-13H,2-5,7-10H2,1H3;4,6-7H,1-3H3;3H2,1-2H3;3H,1H2,2H3;3-4H,1-2H2;3*1-2H3/b11-6+;5-4+;;;;;;. The minimum atomic E-state index is -0.273. The number of allylic oxidation sites excluding steroid dienone is 3. The molecular weight excluding hydrogens is 480 g/mol. The van der Waals surface area contributed by atoms with E-state index in [4.69, 9.17) is 26.9 Å². The molecular formula is C33H73ClO3. The van der Waals surface area contributed by atoms with E-state index in [1.807, 2.05) is 68.4 Å². The van der Waals surface area contributed by atoms with Crippen LogP contribution in [0.5, 0.6) is 0 Å². The van der Waals surface area contributed by atoms with E-state index in [9.17, 15) is 0 Å². The van der Waals surface area contributed by atoms with Crippen LogP contribution in [-0.4, -0.2) is 34.6 Å². The Morgan fingerprint density at radius 3 is 1.51 bits per heavy atom. The number of aliphatic hydroxyl groups excluding tert-OH is 3. The predicted molar refractivity (Wildman–Crippen MR) is 176 cm³/mol. The van der Waals surface area contributed by atoms with Crippen molar-refractivity contribution < 1.29 is 15.3 Å². The monoisotopic (exact) mass is 553 g/mol. The van der Waals surface area contributed by atoms with Crippen molar-refractivity contribution >= 4 is 11.6 Å². The molecule has 0 bridgehead atoms. The molecule has 0 aliphatic heterocycles. The highest BCUT2D eigenvalue weighted by atomic mass is 35.5. The van der Waals surface area contributed by atoms with Crippen molar-refractivity contribution in [2.24, 2.45) is 11.8 Å². The molecule has 0 radical (unpaired) electrons. The minimum Gasteiger partial charge on any atom is -0.394 e. The summed E-state index contributed by atoms with van der Waals surface area (Å²) in [6.45, 7) is 29.1. The quantitative estimate of drug-likeness (QED) is 0.275. The van der Waals surface area contributed by atoms with Gasteiger partial charge in [0.1, 0.15) is 0 Å². The van der Waals surface area contributed by atoms with Gasteiger partial charge in [-0.2, -0.15) is 0 Å². The molecule has 3 nitrogen and oxygen atoms in total. The average molecular weight is 553 g/mol. The summed E-state index contributed by atoms with van der Waals surface area (Å²) in [6, 6.07) is 0. The summed E-state index contributed by atoms with van der Waals surface area (Å²) < 4.78 is 0. The lowest BCUT2D eigenvalue weighted by Gasteiger charge is -2.29. The van der Waals surface area contributed by atoms with E-state index in [1.54, 1.807) is 18.5 Å². The molecule has 0 amide bonds. The zero-order chi connectivity index (χ0) is 30.9. The van der Waals surface area contributed by atoms with Gasteiger partial charge in [-0.05, 0) is 51.5 Å². The summed E-state index contributed by atoms with van der Waals surface area (Å²) in [5.74, 6) is 1.88. The summed E-state index contributed by atoms with van der Waals surface area (Å²) in [5, 5.41) is 24.0. The van der Waals surface area contributed by atoms with Gasteiger partial charge in [0.15, 0.2) is 0 Å². The van der Waals surface area contributed by atoms with Gasteiger partial charge in [-0.25, -0.2) is 0 Å². The van der Waals surface area contributed by atoms with Gasteiger partial charge in [0, 0.05) is 5.54 Å². The smallest absolute Gasteiger partial charge is 0.0719 e. The first-order valence-corrected chi connectivity index (χ1v) is 15.6. The van der Waals surface area contributed by atoms with Gasteiger partial charge in [-0.3, -0.25) is 0 Å². The Bertz CT molecular complexity index is 372. The Morgan fingerprint density at radius 1 is 0.919 bits per heavy atom. The van der Waals surface area contributed by atoms with E-state index < -0.39 is 0 Å². The van der Waals surface area contributed by atoms with Gasteiger partial charge in [-0.15, -0.1) is 6.58 Å².